The Morgan fingerprint density at radius 2 is 1.88 bits per heavy atom. The first-order valence-corrected chi connectivity index (χ1v) is 7.77. The Bertz CT molecular complexity index is 859. The zero-order chi connectivity index (χ0) is 17.2. The molecule has 0 aliphatic heterocycles. The molecule has 0 unspecified atom stereocenters. The van der Waals surface area contributed by atoms with Gasteiger partial charge in [-0.15, -0.1) is 10.2 Å². The summed E-state index contributed by atoms with van der Waals surface area (Å²) in [5.41, 5.74) is 2.21. The van der Waals surface area contributed by atoms with E-state index in [4.69, 9.17) is 4.42 Å². The van der Waals surface area contributed by atoms with Crippen molar-refractivity contribution >= 4 is 11.6 Å². The van der Waals surface area contributed by atoms with Crippen molar-refractivity contribution in [1.29, 1.82) is 0 Å². The Morgan fingerprint density at radius 1 is 1.12 bits per heavy atom. The topological polar surface area (TPSA) is 83.8 Å². The van der Waals surface area contributed by atoms with Gasteiger partial charge < -0.3 is 9.73 Å². The van der Waals surface area contributed by atoms with Gasteiger partial charge in [0.05, 0.1) is 12.7 Å². The van der Waals surface area contributed by atoms with Gasteiger partial charge in [-0.1, -0.05) is 32.9 Å². The lowest BCUT2D eigenvalue weighted by atomic mass is 9.87. The molecule has 0 bridgehead atoms. The van der Waals surface area contributed by atoms with E-state index in [0.29, 0.717) is 23.8 Å². The normalized spacial score (nSPS) is 11.5. The van der Waals surface area contributed by atoms with Crippen molar-refractivity contribution in [3.8, 4) is 0 Å². The van der Waals surface area contributed by atoms with Crippen molar-refractivity contribution in [2.45, 2.75) is 32.6 Å². The predicted molar refractivity (Wildman–Crippen MR) is 92.6 cm³/mol. The Kier molecular flexibility index (Phi) is 4.20. The summed E-state index contributed by atoms with van der Waals surface area (Å²) >= 11 is 0. The summed E-state index contributed by atoms with van der Waals surface area (Å²) in [4.78, 5) is 14.8. The van der Waals surface area contributed by atoms with Gasteiger partial charge in [-0.3, -0.25) is 9.78 Å². The number of anilines is 2. The van der Waals surface area contributed by atoms with Crippen molar-refractivity contribution in [3.63, 3.8) is 0 Å². The molecule has 3 rings (SSSR count). The van der Waals surface area contributed by atoms with Crippen molar-refractivity contribution < 1.29 is 4.42 Å². The minimum atomic E-state index is -0.282. The average Bonchev–Trinajstić information content (AvgIpc) is 3.03. The van der Waals surface area contributed by atoms with Crippen molar-refractivity contribution in [1.82, 2.24) is 15.2 Å². The van der Waals surface area contributed by atoms with Gasteiger partial charge in [0.25, 0.3) is 5.56 Å². The van der Waals surface area contributed by atoms with Gasteiger partial charge in [0.1, 0.15) is 11.5 Å². The molecule has 2 aromatic heterocycles. The highest BCUT2D eigenvalue weighted by molar-refractivity contribution is 5.53. The molecule has 2 N–H and O–H groups in total. The second kappa shape index (κ2) is 6.31. The molecule has 2 heterocycles. The molecule has 124 valence electrons. The molecule has 1 aromatic carbocycles. The lowest BCUT2D eigenvalue weighted by molar-refractivity contribution is 0.517. The van der Waals surface area contributed by atoms with Crippen LogP contribution in [0.2, 0.25) is 0 Å². The minimum absolute atomic E-state index is 0.0974. The van der Waals surface area contributed by atoms with Crippen LogP contribution in [0.1, 0.15) is 37.8 Å². The third-order valence-corrected chi connectivity index (χ3v) is 3.70. The van der Waals surface area contributed by atoms with E-state index in [0.717, 1.165) is 5.69 Å². The van der Waals surface area contributed by atoms with Crippen LogP contribution < -0.4 is 10.9 Å². The smallest absolute Gasteiger partial charge is 0.274 e. The van der Waals surface area contributed by atoms with E-state index in [1.807, 2.05) is 12.1 Å². The monoisotopic (exact) mass is 324 g/mol. The van der Waals surface area contributed by atoms with Gasteiger partial charge in [0.15, 0.2) is 0 Å². The number of aromatic nitrogens is 3. The third-order valence-electron chi connectivity index (χ3n) is 3.70. The fraction of sp³-hybridized carbons (Fsp3) is 0.278. The van der Waals surface area contributed by atoms with Crippen LogP contribution in [0, 0.1) is 0 Å². The first-order valence-electron chi connectivity index (χ1n) is 7.77. The molecule has 6 heteroatoms. The van der Waals surface area contributed by atoms with E-state index >= 15 is 0 Å². The van der Waals surface area contributed by atoms with E-state index in [1.165, 1.54) is 5.56 Å². The summed E-state index contributed by atoms with van der Waals surface area (Å²) in [6, 6.07) is 11.6. The van der Waals surface area contributed by atoms with Gasteiger partial charge in [-0.25, -0.2) is 0 Å². The number of hydrogen-bond acceptors (Lipinski definition) is 5. The van der Waals surface area contributed by atoms with Crippen molar-refractivity contribution in [2.75, 3.05) is 5.32 Å². The Hall–Kier alpha value is -2.89. The van der Waals surface area contributed by atoms with Gasteiger partial charge >= 0.3 is 0 Å². The first kappa shape index (κ1) is 16.0. The fourth-order valence-electron chi connectivity index (χ4n) is 2.30. The SMILES string of the molecule is CC(C)(C)c1ccc(Nc2nnc(Cc3ccco3)c(=O)[nH]2)cc1. The molecule has 3 aromatic rings. The Balaban J connectivity index is 1.74. The number of nitrogens with zero attached hydrogens (tertiary/aromatic N) is 2. The van der Waals surface area contributed by atoms with E-state index in [2.05, 4.69) is 53.4 Å². The number of H-pyrrole nitrogens is 1. The van der Waals surface area contributed by atoms with Gasteiger partial charge in [0, 0.05) is 5.69 Å². The Labute approximate surface area is 140 Å². The summed E-state index contributed by atoms with van der Waals surface area (Å²) < 4.78 is 5.22. The maximum absolute atomic E-state index is 12.1. The van der Waals surface area contributed by atoms with E-state index in [9.17, 15) is 4.79 Å². The third kappa shape index (κ3) is 3.71. The van der Waals surface area contributed by atoms with Gasteiger partial charge in [-0.2, -0.15) is 0 Å². The number of rotatable bonds is 4. The van der Waals surface area contributed by atoms with Crippen LogP contribution in [-0.4, -0.2) is 15.2 Å². The summed E-state index contributed by atoms with van der Waals surface area (Å²) in [5, 5.41) is 11.1. The molecule has 6 nitrogen and oxygen atoms in total. The first-order chi connectivity index (χ1) is 11.4. The van der Waals surface area contributed by atoms with Crippen LogP contribution in [-0.2, 0) is 11.8 Å². The number of aromatic amines is 1. The molecule has 0 radical (unpaired) electrons. The van der Waals surface area contributed by atoms with Crippen LogP contribution in [0.25, 0.3) is 0 Å². The second-order valence-corrected chi connectivity index (χ2v) is 6.66. The average molecular weight is 324 g/mol. The summed E-state index contributed by atoms with van der Waals surface area (Å²) in [6.07, 6.45) is 1.88. The van der Waals surface area contributed by atoms with E-state index in [1.54, 1.807) is 18.4 Å². The van der Waals surface area contributed by atoms with Crippen molar-refractivity contribution in [3.05, 3.63) is 70.0 Å². The summed E-state index contributed by atoms with van der Waals surface area (Å²) in [7, 11) is 0. The molecular formula is C18H20N4O2. The molecule has 0 aliphatic carbocycles. The van der Waals surface area contributed by atoms with Crippen molar-refractivity contribution in [2.24, 2.45) is 0 Å². The van der Waals surface area contributed by atoms with Gasteiger partial charge in [-0.05, 0) is 35.2 Å². The lowest BCUT2D eigenvalue weighted by Gasteiger charge is -2.19. The minimum Gasteiger partial charge on any atom is -0.469 e. The molecule has 0 atom stereocenters. The van der Waals surface area contributed by atoms with Gasteiger partial charge in [0.2, 0.25) is 5.95 Å². The van der Waals surface area contributed by atoms with Crippen LogP contribution in [0.4, 0.5) is 11.6 Å². The number of nitrogens with one attached hydrogen (secondary N) is 2. The zero-order valence-electron chi connectivity index (χ0n) is 14.0. The van der Waals surface area contributed by atoms with Crippen LogP contribution in [0.15, 0.2) is 51.9 Å². The lowest BCUT2D eigenvalue weighted by Crippen LogP contribution is -2.18. The molecular weight excluding hydrogens is 304 g/mol. The maximum atomic E-state index is 12.1. The predicted octanol–water partition coefficient (Wildman–Crippen LogP) is 3.39. The summed E-state index contributed by atoms with van der Waals surface area (Å²) in [5.74, 6) is 0.986. The molecule has 0 fully saturated rings. The van der Waals surface area contributed by atoms with Crippen LogP contribution in [0.5, 0.6) is 0 Å². The largest absolute Gasteiger partial charge is 0.469 e. The molecule has 0 saturated heterocycles. The fourth-order valence-corrected chi connectivity index (χ4v) is 2.30. The molecule has 0 spiro atoms. The quantitative estimate of drug-likeness (QED) is 0.768. The zero-order valence-corrected chi connectivity index (χ0v) is 14.0. The number of benzene rings is 1. The molecule has 0 saturated carbocycles. The molecule has 0 aliphatic rings. The number of furan rings is 1. The van der Waals surface area contributed by atoms with Crippen LogP contribution >= 0.6 is 0 Å². The highest BCUT2D eigenvalue weighted by atomic mass is 16.3. The molecule has 24 heavy (non-hydrogen) atoms. The maximum Gasteiger partial charge on any atom is 0.274 e. The van der Waals surface area contributed by atoms with E-state index in [-0.39, 0.29) is 11.0 Å². The number of hydrogen-bond donors (Lipinski definition) is 2. The highest BCUT2D eigenvalue weighted by Gasteiger charge is 2.13. The Morgan fingerprint density at radius 3 is 2.46 bits per heavy atom. The standard InChI is InChI=1S/C18H20N4O2/c1-18(2,3)12-6-8-13(9-7-12)19-17-20-16(23)15(21-22-17)11-14-5-4-10-24-14/h4-10H,11H2,1-3H3,(H2,19,20,22,23). The summed E-state index contributed by atoms with van der Waals surface area (Å²) in [6.45, 7) is 6.49. The van der Waals surface area contributed by atoms with E-state index < -0.39 is 0 Å². The van der Waals surface area contributed by atoms with Crippen LogP contribution in [0.3, 0.4) is 0 Å². The molecule has 0 amide bonds. The highest BCUT2D eigenvalue weighted by Crippen LogP contribution is 2.24. The second-order valence-electron chi connectivity index (χ2n) is 6.66.